The van der Waals surface area contributed by atoms with Crippen LogP contribution in [0, 0.1) is 0 Å². The number of carbonyl (C=O) groups is 1. The summed E-state index contributed by atoms with van der Waals surface area (Å²) < 4.78 is 0. The van der Waals surface area contributed by atoms with Gasteiger partial charge in [0.05, 0.1) is 4.88 Å². The van der Waals surface area contributed by atoms with Gasteiger partial charge in [0.15, 0.2) is 6.54 Å². The van der Waals surface area contributed by atoms with E-state index in [1.807, 2.05) is 36.4 Å². The van der Waals surface area contributed by atoms with E-state index in [2.05, 4.69) is 52.4 Å². The number of rotatable bonds is 9. The van der Waals surface area contributed by atoms with Crippen molar-refractivity contribution < 1.29 is 10.1 Å². The maximum atomic E-state index is 12.2. The third-order valence-corrected chi connectivity index (χ3v) is 5.95. The van der Waals surface area contributed by atoms with E-state index in [-0.39, 0.29) is 11.9 Å². The lowest BCUT2D eigenvalue weighted by Crippen LogP contribution is -2.87. The summed E-state index contributed by atoms with van der Waals surface area (Å²) in [6, 6.07) is 25.0. The van der Waals surface area contributed by atoms with Crippen molar-refractivity contribution in [3.8, 4) is 0 Å². The van der Waals surface area contributed by atoms with Crippen molar-refractivity contribution in [1.29, 1.82) is 0 Å². The molecule has 0 unspecified atom stereocenters. The standard InChI is InChI=1S/C21H22N2OS2/c24-20(22-13-15-25-18-10-5-2-6-11-18)16-23-21(19-12-7-14-26-19)17-8-3-1-4-9-17/h1-12,14,21,23H,13,15-16H2,(H,22,24)/p+1/t21-/m1/s1. The second kappa shape index (κ2) is 10.2. The molecule has 0 aliphatic rings. The van der Waals surface area contributed by atoms with E-state index in [4.69, 9.17) is 0 Å². The first kappa shape index (κ1) is 18.7. The van der Waals surface area contributed by atoms with Crippen molar-refractivity contribution in [1.82, 2.24) is 5.32 Å². The van der Waals surface area contributed by atoms with Crippen LogP contribution in [0.5, 0.6) is 0 Å². The summed E-state index contributed by atoms with van der Waals surface area (Å²) in [6.45, 7) is 1.11. The molecule has 0 bridgehead atoms. The van der Waals surface area contributed by atoms with Gasteiger partial charge < -0.3 is 10.6 Å². The third-order valence-electron chi connectivity index (χ3n) is 3.98. The van der Waals surface area contributed by atoms with Gasteiger partial charge in [-0.1, -0.05) is 54.6 Å². The fourth-order valence-electron chi connectivity index (χ4n) is 2.72. The highest BCUT2D eigenvalue weighted by Gasteiger charge is 2.19. The van der Waals surface area contributed by atoms with E-state index in [1.54, 1.807) is 23.1 Å². The molecule has 134 valence electrons. The summed E-state index contributed by atoms with van der Waals surface area (Å²) in [6.07, 6.45) is 0. The number of carbonyl (C=O) groups excluding carboxylic acids is 1. The number of thioether (sulfide) groups is 1. The molecule has 1 amide bonds. The quantitative estimate of drug-likeness (QED) is 0.440. The van der Waals surface area contributed by atoms with Crippen LogP contribution in [0.4, 0.5) is 0 Å². The van der Waals surface area contributed by atoms with Gasteiger partial charge in [0, 0.05) is 22.8 Å². The van der Waals surface area contributed by atoms with Crippen molar-refractivity contribution in [2.24, 2.45) is 0 Å². The lowest BCUT2D eigenvalue weighted by Gasteiger charge is -2.14. The molecular formula is C21H23N2OS2+. The third kappa shape index (κ3) is 5.73. The van der Waals surface area contributed by atoms with Gasteiger partial charge in [-0.15, -0.1) is 23.1 Å². The number of nitrogens with two attached hydrogens (primary N) is 1. The molecule has 0 saturated carbocycles. The van der Waals surface area contributed by atoms with E-state index in [1.165, 1.54) is 15.3 Å². The summed E-state index contributed by atoms with van der Waals surface area (Å²) >= 11 is 3.49. The smallest absolute Gasteiger partial charge is 0.275 e. The molecule has 3 aromatic rings. The Bertz CT molecular complexity index is 776. The van der Waals surface area contributed by atoms with E-state index in [0.29, 0.717) is 13.1 Å². The number of hydrogen-bond acceptors (Lipinski definition) is 3. The van der Waals surface area contributed by atoms with E-state index < -0.39 is 0 Å². The minimum atomic E-state index is 0.0798. The number of quaternary nitrogens is 1. The molecule has 1 aromatic heterocycles. The van der Waals surface area contributed by atoms with Crippen LogP contribution in [0.3, 0.4) is 0 Å². The maximum absolute atomic E-state index is 12.2. The fraction of sp³-hybridized carbons (Fsp3) is 0.190. The minimum absolute atomic E-state index is 0.0798. The Morgan fingerprint density at radius 2 is 1.73 bits per heavy atom. The van der Waals surface area contributed by atoms with Gasteiger partial charge in [-0.25, -0.2) is 0 Å². The topological polar surface area (TPSA) is 45.7 Å². The monoisotopic (exact) mass is 383 g/mol. The highest BCUT2D eigenvalue weighted by molar-refractivity contribution is 7.99. The SMILES string of the molecule is O=C(C[NH2+][C@H](c1ccccc1)c1cccs1)NCCSc1ccccc1. The molecule has 0 fully saturated rings. The molecule has 0 aliphatic heterocycles. The number of hydrogen-bond donors (Lipinski definition) is 2. The van der Waals surface area contributed by atoms with Crippen LogP contribution in [0.1, 0.15) is 16.5 Å². The van der Waals surface area contributed by atoms with Crippen LogP contribution in [0.15, 0.2) is 83.1 Å². The highest BCUT2D eigenvalue weighted by Crippen LogP contribution is 2.22. The van der Waals surface area contributed by atoms with Crippen LogP contribution in [0.25, 0.3) is 0 Å². The average molecular weight is 384 g/mol. The predicted octanol–water partition coefficient (Wildman–Crippen LogP) is 3.31. The van der Waals surface area contributed by atoms with Gasteiger partial charge >= 0.3 is 0 Å². The molecule has 3 nitrogen and oxygen atoms in total. The second-order valence-corrected chi connectivity index (χ2v) is 8.00. The largest absolute Gasteiger partial charge is 0.350 e. The fourth-order valence-corrected chi connectivity index (χ4v) is 4.36. The second-order valence-electron chi connectivity index (χ2n) is 5.86. The molecule has 0 radical (unpaired) electrons. The molecule has 2 aromatic carbocycles. The molecule has 0 spiro atoms. The summed E-state index contributed by atoms with van der Waals surface area (Å²) in [7, 11) is 0. The molecule has 1 heterocycles. The van der Waals surface area contributed by atoms with Crippen molar-refractivity contribution in [2.45, 2.75) is 10.9 Å². The Morgan fingerprint density at radius 3 is 2.42 bits per heavy atom. The van der Waals surface area contributed by atoms with Crippen molar-refractivity contribution in [2.75, 3.05) is 18.8 Å². The molecule has 3 rings (SSSR count). The molecule has 0 aliphatic carbocycles. The Balaban J connectivity index is 1.46. The Labute approximate surface area is 162 Å². The zero-order valence-corrected chi connectivity index (χ0v) is 16.1. The molecule has 0 saturated heterocycles. The predicted molar refractivity (Wildman–Crippen MR) is 110 cm³/mol. The number of nitrogens with one attached hydrogen (secondary N) is 1. The highest BCUT2D eigenvalue weighted by atomic mass is 32.2. The molecule has 3 N–H and O–H groups in total. The lowest BCUT2D eigenvalue weighted by atomic mass is 10.1. The van der Waals surface area contributed by atoms with Crippen LogP contribution in [0.2, 0.25) is 0 Å². The first-order valence-corrected chi connectivity index (χ1v) is 10.6. The zero-order chi connectivity index (χ0) is 18.0. The van der Waals surface area contributed by atoms with Gasteiger partial charge in [-0.05, 0) is 23.6 Å². The Kier molecular flexibility index (Phi) is 7.31. The summed E-state index contributed by atoms with van der Waals surface area (Å²) in [4.78, 5) is 14.7. The van der Waals surface area contributed by atoms with Gasteiger partial charge in [-0.2, -0.15) is 0 Å². The van der Waals surface area contributed by atoms with Crippen LogP contribution in [-0.2, 0) is 4.79 Å². The Morgan fingerprint density at radius 1 is 1.00 bits per heavy atom. The first-order chi connectivity index (χ1) is 12.8. The number of benzene rings is 2. The van der Waals surface area contributed by atoms with E-state index >= 15 is 0 Å². The van der Waals surface area contributed by atoms with Gasteiger partial charge in [0.1, 0.15) is 6.04 Å². The summed E-state index contributed by atoms with van der Waals surface area (Å²) in [5.41, 5.74) is 1.22. The minimum Gasteiger partial charge on any atom is -0.350 e. The van der Waals surface area contributed by atoms with Crippen LogP contribution < -0.4 is 10.6 Å². The van der Waals surface area contributed by atoms with Gasteiger partial charge in [0.25, 0.3) is 5.91 Å². The summed E-state index contributed by atoms with van der Waals surface area (Å²) in [5, 5.41) is 7.21. The molecular weight excluding hydrogens is 360 g/mol. The normalized spacial score (nSPS) is 11.8. The molecule has 1 atom stereocenters. The van der Waals surface area contributed by atoms with Crippen molar-refractivity contribution in [3.05, 3.63) is 88.6 Å². The molecule has 5 heteroatoms. The number of thiophene rings is 1. The number of amides is 1. The van der Waals surface area contributed by atoms with Crippen LogP contribution in [-0.4, -0.2) is 24.7 Å². The lowest BCUT2D eigenvalue weighted by molar-refractivity contribution is -0.676. The Hall–Kier alpha value is -2.08. The molecule has 26 heavy (non-hydrogen) atoms. The zero-order valence-electron chi connectivity index (χ0n) is 14.5. The average Bonchev–Trinajstić information content (AvgIpc) is 3.22. The van der Waals surface area contributed by atoms with E-state index in [9.17, 15) is 4.79 Å². The summed E-state index contributed by atoms with van der Waals surface area (Å²) in [5.74, 6) is 0.958. The first-order valence-electron chi connectivity index (χ1n) is 8.69. The maximum Gasteiger partial charge on any atom is 0.275 e. The van der Waals surface area contributed by atoms with Gasteiger partial charge in [0.2, 0.25) is 0 Å². The van der Waals surface area contributed by atoms with Crippen LogP contribution >= 0.6 is 23.1 Å². The van der Waals surface area contributed by atoms with Gasteiger partial charge in [-0.3, -0.25) is 4.79 Å². The van der Waals surface area contributed by atoms with Crippen molar-refractivity contribution >= 4 is 29.0 Å². The van der Waals surface area contributed by atoms with Crippen molar-refractivity contribution in [3.63, 3.8) is 0 Å². The van der Waals surface area contributed by atoms with E-state index in [0.717, 1.165) is 5.75 Å².